The van der Waals surface area contributed by atoms with Crippen LogP contribution in [-0.2, 0) is 4.74 Å². The van der Waals surface area contributed by atoms with Crippen LogP contribution in [0.25, 0.3) is 0 Å². The third-order valence-corrected chi connectivity index (χ3v) is 6.29. The predicted molar refractivity (Wildman–Crippen MR) is 104 cm³/mol. The molecular formula is C17H16Cl3N5O3. The molecule has 8 nitrogen and oxygen atoms in total. The molecule has 1 saturated heterocycles. The van der Waals surface area contributed by atoms with Gasteiger partial charge in [0.15, 0.2) is 5.69 Å². The van der Waals surface area contributed by atoms with Crippen molar-refractivity contribution in [1.29, 1.82) is 0 Å². The lowest BCUT2D eigenvalue weighted by molar-refractivity contribution is 0.0593. The van der Waals surface area contributed by atoms with E-state index in [4.69, 9.17) is 34.8 Å². The van der Waals surface area contributed by atoms with Crippen molar-refractivity contribution in [3.05, 3.63) is 38.5 Å². The number of aryl methyl sites for hydroxylation is 1. The molecule has 1 aliphatic carbocycles. The van der Waals surface area contributed by atoms with Crippen LogP contribution >= 0.6 is 34.8 Å². The van der Waals surface area contributed by atoms with Crippen LogP contribution in [-0.4, -0.2) is 53.1 Å². The van der Waals surface area contributed by atoms with E-state index in [0.29, 0.717) is 29.6 Å². The number of ether oxygens (including phenoxy) is 1. The molecule has 148 valence electrons. The number of rotatable bonds is 4. The summed E-state index contributed by atoms with van der Waals surface area (Å²) in [4.78, 5) is 37.2. The molecule has 0 spiro atoms. The number of aromatic amines is 1. The van der Waals surface area contributed by atoms with Gasteiger partial charge in [0.25, 0.3) is 5.91 Å². The molecule has 11 heteroatoms. The SMILES string of the molecule is COC(=O)c1cc(N2C[C@@H]3C(NC(=O)c4[nH]c(C)c(Cl)c4Cl)[C@@H]3C2)nc(Cl)n1. The summed E-state index contributed by atoms with van der Waals surface area (Å²) in [5, 5.41) is 3.58. The number of carbonyl (C=O) groups is 2. The molecule has 1 saturated carbocycles. The van der Waals surface area contributed by atoms with Crippen molar-refractivity contribution < 1.29 is 14.3 Å². The van der Waals surface area contributed by atoms with Gasteiger partial charge in [-0.25, -0.2) is 14.8 Å². The Balaban J connectivity index is 1.41. The number of H-pyrrole nitrogens is 1. The molecule has 2 aromatic rings. The van der Waals surface area contributed by atoms with E-state index >= 15 is 0 Å². The molecule has 2 N–H and O–H groups in total. The number of nitrogens with zero attached hydrogens (tertiary/aromatic N) is 3. The Bertz CT molecular complexity index is 967. The molecule has 3 heterocycles. The van der Waals surface area contributed by atoms with Crippen molar-refractivity contribution in [3.8, 4) is 0 Å². The number of esters is 1. The van der Waals surface area contributed by atoms with Crippen molar-refractivity contribution in [2.24, 2.45) is 11.8 Å². The number of hydrogen-bond acceptors (Lipinski definition) is 6. The number of methoxy groups -OCH3 is 1. The highest BCUT2D eigenvalue weighted by molar-refractivity contribution is 6.44. The summed E-state index contributed by atoms with van der Waals surface area (Å²) in [6.07, 6.45) is 0. The smallest absolute Gasteiger partial charge is 0.356 e. The van der Waals surface area contributed by atoms with Gasteiger partial charge in [0, 0.05) is 42.7 Å². The first kappa shape index (κ1) is 19.3. The summed E-state index contributed by atoms with van der Waals surface area (Å²) in [7, 11) is 1.28. The fourth-order valence-electron chi connectivity index (χ4n) is 3.66. The normalized spacial score (nSPS) is 22.8. The minimum absolute atomic E-state index is 0.0167. The predicted octanol–water partition coefficient (Wildman–Crippen LogP) is 2.72. The highest BCUT2D eigenvalue weighted by Gasteiger charge is 2.57. The molecule has 1 amide bonds. The van der Waals surface area contributed by atoms with Gasteiger partial charge in [0.1, 0.15) is 11.5 Å². The molecule has 2 aliphatic rings. The molecule has 2 fully saturated rings. The summed E-state index contributed by atoms with van der Waals surface area (Å²) in [5.41, 5.74) is 1.04. The van der Waals surface area contributed by atoms with Crippen LogP contribution in [0.2, 0.25) is 15.3 Å². The van der Waals surface area contributed by atoms with Crippen molar-refractivity contribution in [1.82, 2.24) is 20.3 Å². The van der Waals surface area contributed by atoms with Gasteiger partial charge >= 0.3 is 5.97 Å². The molecule has 4 rings (SSSR count). The zero-order chi connectivity index (χ0) is 20.2. The second-order valence-electron chi connectivity index (χ2n) is 6.86. The van der Waals surface area contributed by atoms with Gasteiger partial charge in [0.2, 0.25) is 5.28 Å². The van der Waals surface area contributed by atoms with Crippen molar-refractivity contribution >= 4 is 52.5 Å². The zero-order valence-electron chi connectivity index (χ0n) is 14.9. The lowest BCUT2D eigenvalue weighted by Crippen LogP contribution is -2.35. The Morgan fingerprint density at radius 2 is 1.89 bits per heavy atom. The van der Waals surface area contributed by atoms with Gasteiger partial charge in [-0.1, -0.05) is 23.2 Å². The lowest BCUT2D eigenvalue weighted by Gasteiger charge is -2.21. The number of fused-ring (bicyclic) bond motifs is 1. The third kappa shape index (κ3) is 3.29. The van der Waals surface area contributed by atoms with E-state index in [2.05, 4.69) is 25.0 Å². The fourth-order valence-corrected chi connectivity index (χ4v) is 4.25. The minimum Gasteiger partial charge on any atom is -0.464 e. The third-order valence-electron chi connectivity index (χ3n) is 5.18. The average Bonchev–Trinajstić information content (AvgIpc) is 3.01. The number of halogens is 3. The molecule has 3 atom stereocenters. The summed E-state index contributed by atoms with van der Waals surface area (Å²) < 4.78 is 4.68. The van der Waals surface area contributed by atoms with Crippen LogP contribution < -0.4 is 10.2 Å². The fraction of sp³-hybridized carbons (Fsp3) is 0.412. The topological polar surface area (TPSA) is 100 Å². The van der Waals surface area contributed by atoms with Gasteiger partial charge in [-0.3, -0.25) is 4.79 Å². The summed E-state index contributed by atoms with van der Waals surface area (Å²) in [6.45, 7) is 3.12. The van der Waals surface area contributed by atoms with Gasteiger partial charge in [-0.05, 0) is 18.5 Å². The second kappa shape index (κ2) is 7.09. The van der Waals surface area contributed by atoms with E-state index in [9.17, 15) is 9.59 Å². The average molecular weight is 445 g/mol. The van der Waals surface area contributed by atoms with Crippen LogP contribution in [0.4, 0.5) is 5.82 Å². The highest BCUT2D eigenvalue weighted by Crippen LogP contribution is 2.47. The Labute approximate surface area is 175 Å². The number of amides is 1. The summed E-state index contributed by atoms with van der Waals surface area (Å²) in [6, 6.07) is 1.61. The standard InChI is InChI=1S/C17H16Cl3N5O3/c1-6-11(18)12(19)14(21-6)15(26)24-13-7-4-25(5-8(7)13)10-3-9(16(27)28-2)22-17(20)23-10/h3,7-8,13,21H,4-5H2,1-2H3,(H,24,26)/t7-,8+,13?. The van der Waals surface area contributed by atoms with Crippen LogP contribution in [0, 0.1) is 18.8 Å². The molecular weight excluding hydrogens is 429 g/mol. The first-order valence-electron chi connectivity index (χ1n) is 8.52. The van der Waals surface area contributed by atoms with Gasteiger partial charge < -0.3 is 19.9 Å². The highest BCUT2D eigenvalue weighted by atomic mass is 35.5. The van der Waals surface area contributed by atoms with E-state index < -0.39 is 5.97 Å². The Kier molecular flexibility index (Phi) is 4.89. The van der Waals surface area contributed by atoms with Crippen LogP contribution in [0.3, 0.4) is 0 Å². The number of aromatic nitrogens is 3. The molecule has 0 radical (unpaired) electrons. The summed E-state index contributed by atoms with van der Waals surface area (Å²) >= 11 is 18.1. The van der Waals surface area contributed by atoms with E-state index in [-0.39, 0.29) is 45.5 Å². The Morgan fingerprint density at radius 1 is 1.21 bits per heavy atom. The maximum atomic E-state index is 12.5. The molecule has 28 heavy (non-hydrogen) atoms. The minimum atomic E-state index is -0.572. The largest absolute Gasteiger partial charge is 0.464 e. The first-order chi connectivity index (χ1) is 13.3. The number of hydrogen-bond donors (Lipinski definition) is 2. The maximum absolute atomic E-state index is 12.5. The number of piperidine rings is 1. The molecule has 2 aromatic heterocycles. The molecule has 0 aromatic carbocycles. The molecule has 0 bridgehead atoms. The van der Waals surface area contributed by atoms with Gasteiger partial charge in [-0.15, -0.1) is 0 Å². The zero-order valence-corrected chi connectivity index (χ0v) is 17.2. The number of anilines is 1. The Hall–Kier alpha value is -2.03. The monoisotopic (exact) mass is 443 g/mol. The maximum Gasteiger partial charge on any atom is 0.356 e. The second-order valence-corrected chi connectivity index (χ2v) is 7.95. The number of nitrogens with one attached hydrogen (secondary N) is 2. The van der Waals surface area contributed by atoms with Crippen molar-refractivity contribution in [2.75, 3.05) is 25.1 Å². The van der Waals surface area contributed by atoms with Crippen LogP contribution in [0.5, 0.6) is 0 Å². The van der Waals surface area contributed by atoms with Crippen LogP contribution in [0.1, 0.15) is 26.7 Å². The van der Waals surface area contributed by atoms with E-state index in [1.807, 2.05) is 4.90 Å². The first-order valence-corrected chi connectivity index (χ1v) is 9.65. The van der Waals surface area contributed by atoms with E-state index in [1.165, 1.54) is 7.11 Å². The quantitative estimate of drug-likeness (QED) is 0.555. The van der Waals surface area contributed by atoms with Gasteiger partial charge in [0.05, 0.1) is 17.2 Å². The molecule has 1 aliphatic heterocycles. The van der Waals surface area contributed by atoms with Gasteiger partial charge in [-0.2, -0.15) is 0 Å². The van der Waals surface area contributed by atoms with Crippen LogP contribution in [0.15, 0.2) is 6.07 Å². The number of carbonyl (C=O) groups excluding carboxylic acids is 2. The Morgan fingerprint density at radius 3 is 2.46 bits per heavy atom. The van der Waals surface area contributed by atoms with E-state index in [1.54, 1.807) is 13.0 Å². The van der Waals surface area contributed by atoms with Crippen molar-refractivity contribution in [3.63, 3.8) is 0 Å². The lowest BCUT2D eigenvalue weighted by atomic mass is 10.3. The van der Waals surface area contributed by atoms with Crippen molar-refractivity contribution in [2.45, 2.75) is 13.0 Å². The van der Waals surface area contributed by atoms with E-state index in [0.717, 1.165) is 0 Å². The molecule has 1 unspecified atom stereocenters. The summed E-state index contributed by atoms with van der Waals surface area (Å²) in [5.74, 6) is 0.280.